The summed E-state index contributed by atoms with van der Waals surface area (Å²) in [6.07, 6.45) is 1.52. The minimum Gasteiger partial charge on any atom is -0.474 e. The number of carbonyl (C=O) groups is 1. The van der Waals surface area contributed by atoms with Crippen LogP contribution >= 0.6 is 0 Å². The molecular formula is C21H22FN5O4. The number of nitrogens with zero attached hydrogens (tertiary/aromatic N) is 2. The summed E-state index contributed by atoms with van der Waals surface area (Å²) in [5.41, 5.74) is 8.37. The number of hydrogen-bond acceptors (Lipinski definition) is 8. The molecule has 5 N–H and O–H groups in total. The van der Waals surface area contributed by atoms with Crippen LogP contribution < -0.4 is 21.1 Å². The van der Waals surface area contributed by atoms with Gasteiger partial charge in [-0.15, -0.1) is 0 Å². The van der Waals surface area contributed by atoms with Crippen molar-refractivity contribution in [2.24, 2.45) is 0 Å². The molecule has 1 atom stereocenters. The Kier molecular flexibility index (Phi) is 5.47. The molecule has 4 rings (SSSR count). The fraction of sp³-hybridized carbons (Fsp3) is 0.286. The zero-order valence-corrected chi connectivity index (χ0v) is 17.0. The van der Waals surface area contributed by atoms with Crippen molar-refractivity contribution in [1.29, 1.82) is 0 Å². The maximum Gasteiger partial charge on any atom is 0.413 e. The van der Waals surface area contributed by atoms with Crippen LogP contribution in [0.2, 0.25) is 0 Å². The number of ether oxygens (including phenoxy) is 2. The molecule has 0 unspecified atom stereocenters. The average Bonchev–Trinajstić information content (AvgIpc) is 2.76. The molecule has 10 heteroatoms. The minimum absolute atomic E-state index is 0.0515. The minimum atomic E-state index is -0.760. The molecule has 2 aromatic heterocycles. The van der Waals surface area contributed by atoms with Gasteiger partial charge in [0.05, 0.1) is 12.3 Å². The van der Waals surface area contributed by atoms with Gasteiger partial charge in [0.15, 0.2) is 5.82 Å². The van der Waals surface area contributed by atoms with Crippen molar-refractivity contribution in [3.8, 4) is 17.0 Å². The number of hydrogen-bond donors (Lipinski definition) is 4. The molecule has 0 saturated heterocycles. The summed E-state index contributed by atoms with van der Waals surface area (Å²) in [7, 11) is 0. The van der Waals surface area contributed by atoms with Gasteiger partial charge < -0.3 is 25.6 Å². The Balaban J connectivity index is 1.75. The van der Waals surface area contributed by atoms with Crippen LogP contribution in [-0.4, -0.2) is 47.0 Å². The number of benzene rings is 1. The van der Waals surface area contributed by atoms with Crippen molar-refractivity contribution in [2.75, 3.05) is 36.1 Å². The number of nitrogen functional groups attached to an aromatic ring is 1. The second-order valence-corrected chi connectivity index (χ2v) is 7.22. The zero-order valence-electron chi connectivity index (χ0n) is 17.0. The highest BCUT2D eigenvalue weighted by Crippen LogP contribution is 2.39. The molecule has 1 amide bonds. The number of pyridine rings is 2. The summed E-state index contributed by atoms with van der Waals surface area (Å²) in [5.74, 6) is 0.107. The van der Waals surface area contributed by atoms with Gasteiger partial charge in [0, 0.05) is 35.5 Å². The van der Waals surface area contributed by atoms with Gasteiger partial charge in [-0.25, -0.2) is 19.2 Å². The molecule has 0 saturated carbocycles. The molecule has 0 radical (unpaired) electrons. The topological polar surface area (TPSA) is 132 Å². The first kappa shape index (κ1) is 20.6. The van der Waals surface area contributed by atoms with Crippen LogP contribution in [0, 0.1) is 12.7 Å². The van der Waals surface area contributed by atoms with E-state index >= 15 is 4.39 Å². The maximum atomic E-state index is 15.2. The van der Waals surface area contributed by atoms with E-state index < -0.39 is 18.0 Å². The van der Waals surface area contributed by atoms with Crippen LogP contribution in [0.1, 0.15) is 12.5 Å². The lowest BCUT2D eigenvalue weighted by Crippen LogP contribution is -2.23. The molecule has 0 bridgehead atoms. The molecule has 9 nitrogen and oxygen atoms in total. The van der Waals surface area contributed by atoms with Gasteiger partial charge in [-0.05, 0) is 36.9 Å². The van der Waals surface area contributed by atoms with E-state index in [9.17, 15) is 4.79 Å². The Labute approximate surface area is 177 Å². The normalized spacial score (nSPS) is 13.7. The predicted octanol–water partition coefficient (Wildman–Crippen LogP) is 3.06. The first-order valence-corrected chi connectivity index (χ1v) is 9.72. The summed E-state index contributed by atoms with van der Waals surface area (Å²) in [6.45, 7) is 4.25. The fourth-order valence-corrected chi connectivity index (χ4v) is 3.41. The summed E-state index contributed by atoms with van der Waals surface area (Å²) in [4.78, 5) is 20.3. The van der Waals surface area contributed by atoms with Crippen LogP contribution in [0.3, 0.4) is 0 Å². The summed E-state index contributed by atoms with van der Waals surface area (Å²) in [6, 6.07) is 3.21. The number of halogens is 1. The number of anilines is 3. The molecule has 0 fully saturated rings. The van der Waals surface area contributed by atoms with Gasteiger partial charge >= 0.3 is 6.09 Å². The lowest BCUT2D eigenvalue weighted by Gasteiger charge is -2.22. The van der Waals surface area contributed by atoms with Gasteiger partial charge in [0.2, 0.25) is 5.88 Å². The number of aromatic nitrogens is 2. The van der Waals surface area contributed by atoms with Crippen molar-refractivity contribution < 1.29 is 23.8 Å². The van der Waals surface area contributed by atoms with E-state index in [0.717, 1.165) is 11.3 Å². The van der Waals surface area contributed by atoms with Crippen molar-refractivity contribution in [2.45, 2.75) is 20.0 Å². The number of nitrogens with two attached hydrogens (primary N) is 1. The molecule has 1 aliphatic rings. The number of aliphatic hydroxyl groups excluding tert-OH is 1. The predicted molar refractivity (Wildman–Crippen MR) is 115 cm³/mol. The number of fused-ring (bicyclic) bond motifs is 2. The Morgan fingerprint density at radius 3 is 2.97 bits per heavy atom. The van der Waals surface area contributed by atoms with Gasteiger partial charge in [-0.1, -0.05) is 0 Å². The highest BCUT2D eigenvalue weighted by molar-refractivity contribution is 5.99. The van der Waals surface area contributed by atoms with Crippen LogP contribution in [0.15, 0.2) is 24.5 Å². The lowest BCUT2D eigenvalue weighted by molar-refractivity contribution is 0.0776. The Morgan fingerprint density at radius 1 is 1.39 bits per heavy atom. The van der Waals surface area contributed by atoms with E-state index in [-0.39, 0.29) is 23.7 Å². The van der Waals surface area contributed by atoms with E-state index in [1.165, 1.54) is 6.20 Å². The van der Waals surface area contributed by atoms with Gasteiger partial charge in [0.1, 0.15) is 24.2 Å². The van der Waals surface area contributed by atoms with Gasteiger partial charge in [-0.3, -0.25) is 5.32 Å². The van der Waals surface area contributed by atoms with E-state index in [0.29, 0.717) is 35.4 Å². The average molecular weight is 427 g/mol. The summed E-state index contributed by atoms with van der Waals surface area (Å²) in [5, 5.41) is 15.7. The molecule has 3 aromatic rings. The molecule has 1 aromatic carbocycles. The molecule has 0 aliphatic carbocycles. The third-order valence-corrected chi connectivity index (χ3v) is 5.03. The second kappa shape index (κ2) is 8.23. The van der Waals surface area contributed by atoms with Gasteiger partial charge in [0.25, 0.3) is 0 Å². The van der Waals surface area contributed by atoms with Crippen molar-refractivity contribution in [3.05, 3.63) is 35.9 Å². The monoisotopic (exact) mass is 427 g/mol. The molecule has 1 aliphatic heterocycles. The molecule has 162 valence electrons. The van der Waals surface area contributed by atoms with E-state index in [1.807, 2.05) is 6.92 Å². The quantitative estimate of drug-likeness (QED) is 0.467. The highest BCUT2D eigenvalue weighted by Gasteiger charge is 2.21. The summed E-state index contributed by atoms with van der Waals surface area (Å²) < 4.78 is 25.7. The number of nitrogens with one attached hydrogen (secondary N) is 2. The Bertz CT molecular complexity index is 1170. The number of rotatable bonds is 4. The number of carbonyl (C=O) groups excluding carboxylic acids is 1. The molecular weight excluding hydrogens is 405 g/mol. The summed E-state index contributed by atoms with van der Waals surface area (Å²) >= 11 is 0. The van der Waals surface area contributed by atoms with E-state index in [1.54, 1.807) is 25.3 Å². The van der Waals surface area contributed by atoms with Crippen LogP contribution in [-0.2, 0) is 4.74 Å². The smallest absolute Gasteiger partial charge is 0.413 e. The first-order valence-electron chi connectivity index (χ1n) is 9.72. The third-order valence-electron chi connectivity index (χ3n) is 5.03. The maximum absolute atomic E-state index is 15.2. The number of amides is 1. The highest BCUT2D eigenvalue weighted by atomic mass is 19.1. The van der Waals surface area contributed by atoms with Crippen LogP contribution in [0.5, 0.6) is 5.88 Å². The Hall–Kier alpha value is -3.66. The Morgan fingerprint density at radius 2 is 2.19 bits per heavy atom. The molecule has 0 spiro atoms. The lowest BCUT2D eigenvalue weighted by atomic mass is 9.97. The van der Waals surface area contributed by atoms with Crippen molar-refractivity contribution >= 4 is 34.1 Å². The SMILES string of the molecule is Cc1c(-c2cc3cc(NC(=O)O[C@@H](C)CO)ncc3c(N)c2F)cnc2c1NCCO2. The van der Waals surface area contributed by atoms with E-state index in [2.05, 4.69) is 20.6 Å². The molecule has 3 heterocycles. The first-order chi connectivity index (χ1) is 14.9. The van der Waals surface area contributed by atoms with Gasteiger partial charge in [-0.2, -0.15) is 0 Å². The molecule has 31 heavy (non-hydrogen) atoms. The fourth-order valence-electron chi connectivity index (χ4n) is 3.41. The zero-order chi connectivity index (χ0) is 22.1. The van der Waals surface area contributed by atoms with Crippen molar-refractivity contribution in [1.82, 2.24) is 9.97 Å². The van der Waals surface area contributed by atoms with Crippen LogP contribution in [0.25, 0.3) is 21.9 Å². The van der Waals surface area contributed by atoms with E-state index in [4.69, 9.17) is 20.3 Å². The van der Waals surface area contributed by atoms with Crippen molar-refractivity contribution in [3.63, 3.8) is 0 Å². The third kappa shape index (κ3) is 3.89. The standard InChI is InChI=1S/C21H22FN5O4/c1-10(9-28)31-21(29)27-16-6-12-5-13(17(22)18(23)15(12)8-25-16)14-7-26-20-19(11(14)2)24-3-4-30-20/h5-8,10,24,28H,3-4,9,23H2,1-2H3,(H,25,27,29)/t10-/m0/s1. The largest absolute Gasteiger partial charge is 0.474 e. The second-order valence-electron chi connectivity index (χ2n) is 7.22. The van der Waals surface area contributed by atoms with Crippen LogP contribution in [0.4, 0.5) is 26.4 Å². The number of aliphatic hydroxyl groups is 1.